The van der Waals surface area contributed by atoms with E-state index in [9.17, 15) is 19.5 Å². The minimum absolute atomic E-state index is 0.0624. The number of carbonyl (C=O) groups is 3. The molecule has 0 saturated carbocycles. The van der Waals surface area contributed by atoms with Gasteiger partial charge in [-0.2, -0.15) is 0 Å². The third kappa shape index (κ3) is 7.44. The predicted octanol–water partition coefficient (Wildman–Crippen LogP) is 4.12. The fraction of sp³-hybridized carbons (Fsp3) is 0.375. The van der Waals surface area contributed by atoms with Gasteiger partial charge in [0.15, 0.2) is 5.92 Å². The van der Waals surface area contributed by atoms with Gasteiger partial charge in [0.2, 0.25) is 5.91 Å². The lowest BCUT2D eigenvalue weighted by Gasteiger charge is -2.23. The highest BCUT2D eigenvalue weighted by Crippen LogP contribution is 2.32. The second-order valence-corrected chi connectivity index (χ2v) is 8.37. The molecule has 0 spiro atoms. The van der Waals surface area contributed by atoms with Crippen LogP contribution in [0.1, 0.15) is 44.4 Å². The Hall–Kier alpha value is -3.35. The normalized spacial score (nSPS) is 12.0. The molecule has 31 heavy (non-hydrogen) atoms. The number of hydrogen-bond acceptors (Lipinski definition) is 5. The van der Waals surface area contributed by atoms with Crippen LogP contribution in [0.2, 0.25) is 0 Å². The fourth-order valence-electron chi connectivity index (χ4n) is 3.01. The molecule has 0 aliphatic carbocycles. The van der Waals surface area contributed by atoms with Crippen LogP contribution >= 0.6 is 0 Å². The molecule has 2 aromatic carbocycles. The Bertz CT molecular complexity index is 947. The molecule has 2 rings (SSSR count). The third-order valence-corrected chi connectivity index (χ3v) is 4.33. The van der Waals surface area contributed by atoms with Crippen molar-refractivity contribution in [3.8, 4) is 5.75 Å². The number of benzene rings is 2. The molecule has 0 aliphatic heterocycles. The van der Waals surface area contributed by atoms with Crippen LogP contribution < -0.4 is 10.1 Å². The van der Waals surface area contributed by atoms with Gasteiger partial charge in [-0.1, -0.05) is 36.4 Å². The minimum atomic E-state index is -1.35. The van der Waals surface area contributed by atoms with Crippen LogP contribution in [0.5, 0.6) is 5.75 Å². The van der Waals surface area contributed by atoms with E-state index in [4.69, 9.17) is 9.47 Å². The molecule has 1 atom stereocenters. The summed E-state index contributed by atoms with van der Waals surface area (Å²) in [5, 5.41) is 12.3. The lowest BCUT2D eigenvalue weighted by atomic mass is 9.96. The van der Waals surface area contributed by atoms with Gasteiger partial charge in [-0.15, -0.1) is 0 Å². The molecule has 7 nitrogen and oxygen atoms in total. The van der Waals surface area contributed by atoms with E-state index in [2.05, 4.69) is 5.32 Å². The first-order chi connectivity index (χ1) is 14.5. The van der Waals surface area contributed by atoms with Crippen molar-refractivity contribution < 1.29 is 29.0 Å². The second kappa shape index (κ2) is 10.1. The van der Waals surface area contributed by atoms with Crippen LogP contribution in [0.15, 0.2) is 42.5 Å². The molecule has 0 aliphatic rings. The number of hydrogen-bond donors (Lipinski definition) is 2. The molecule has 1 amide bonds. The number of aryl methyl sites for hydroxylation is 1. The first-order valence-electron chi connectivity index (χ1n) is 10.00. The Kier molecular flexibility index (Phi) is 7.80. The summed E-state index contributed by atoms with van der Waals surface area (Å²) in [6.45, 7) is 8.51. The van der Waals surface area contributed by atoms with Crippen molar-refractivity contribution in [3.63, 3.8) is 0 Å². The molecule has 166 valence electrons. The van der Waals surface area contributed by atoms with E-state index in [1.54, 1.807) is 39.8 Å². The highest BCUT2D eigenvalue weighted by Gasteiger charge is 2.31. The Morgan fingerprint density at radius 3 is 2.26 bits per heavy atom. The average molecular weight is 427 g/mol. The largest absolute Gasteiger partial charge is 0.487 e. The Morgan fingerprint density at radius 2 is 1.71 bits per heavy atom. The van der Waals surface area contributed by atoms with E-state index in [0.717, 1.165) is 5.56 Å². The average Bonchev–Trinajstić information content (AvgIpc) is 2.65. The number of carbonyl (C=O) groups excluding carboxylic acids is 2. The zero-order valence-electron chi connectivity index (χ0n) is 18.5. The highest BCUT2D eigenvalue weighted by atomic mass is 16.6. The van der Waals surface area contributed by atoms with Crippen LogP contribution in [0.3, 0.4) is 0 Å². The lowest BCUT2D eigenvalue weighted by Crippen LogP contribution is -2.34. The zero-order valence-corrected chi connectivity index (χ0v) is 18.5. The highest BCUT2D eigenvalue weighted by molar-refractivity contribution is 5.94. The number of esters is 1. The lowest BCUT2D eigenvalue weighted by molar-refractivity contribution is -0.166. The standard InChI is InChI=1S/C24H29NO6/c1-15-11-18(12-19(22(27)28)23(29)31-24(3,4)5)13-20(21(15)25-16(2)26)30-14-17-9-7-6-8-10-17/h6-11,13,19H,12,14H2,1-5H3,(H,25,26)(H,27,28). The first-order valence-corrected chi connectivity index (χ1v) is 10.00. The van der Waals surface area contributed by atoms with E-state index in [1.165, 1.54) is 6.92 Å². The molecule has 0 heterocycles. The minimum Gasteiger partial charge on any atom is -0.487 e. The van der Waals surface area contributed by atoms with Crippen molar-refractivity contribution in [2.24, 2.45) is 5.92 Å². The van der Waals surface area contributed by atoms with Crippen LogP contribution in [0.4, 0.5) is 5.69 Å². The van der Waals surface area contributed by atoms with Crippen molar-refractivity contribution >= 4 is 23.5 Å². The number of aliphatic carboxylic acids is 1. The number of ether oxygens (including phenoxy) is 2. The molecule has 0 fully saturated rings. The van der Waals surface area contributed by atoms with Crippen LogP contribution in [0.25, 0.3) is 0 Å². The summed E-state index contributed by atoms with van der Waals surface area (Å²) in [5.74, 6) is -3.26. The molecule has 2 N–H and O–H groups in total. The summed E-state index contributed by atoms with van der Waals surface area (Å²) >= 11 is 0. The molecular weight excluding hydrogens is 398 g/mol. The number of carboxylic acid groups (broad SMARTS) is 1. The Morgan fingerprint density at radius 1 is 1.06 bits per heavy atom. The van der Waals surface area contributed by atoms with Crippen molar-refractivity contribution in [3.05, 3.63) is 59.2 Å². The van der Waals surface area contributed by atoms with Gasteiger partial charge in [0.25, 0.3) is 0 Å². The molecule has 0 saturated heterocycles. The molecule has 1 unspecified atom stereocenters. The monoisotopic (exact) mass is 427 g/mol. The van der Waals surface area contributed by atoms with Gasteiger partial charge < -0.3 is 19.9 Å². The maximum Gasteiger partial charge on any atom is 0.321 e. The first kappa shape index (κ1) is 23.9. The van der Waals surface area contributed by atoms with Crippen LogP contribution in [-0.4, -0.2) is 28.6 Å². The smallest absolute Gasteiger partial charge is 0.321 e. The number of amides is 1. The van der Waals surface area contributed by atoms with Gasteiger partial charge in [0.05, 0.1) is 5.69 Å². The van der Waals surface area contributed by atoms with Gasteiger partial charge in [0.1, 0.15) is 18.0 Å². The fourth-order valence-corrected chi connectivity index (χ4v) is 3.01. The van der Waals surface area contributed by atoms with Gasteiger partial charge in [0, 0.05) is 6.92 Å². The number of carboxylic acids is 1. The summed E-state index contributed by atoms with van der Waals surface area (Å²) < 4.78 is 11.2. The summed E-state index contributed by atoms with van der Waals surface area (Å²) in [4.78, 5) is 35.8. The number of nitrogens with one attached hydrogen (secondary N) is 1. The van der Waals surface area contributed by atoms with Gasteiger partial charge in [-0.05, 0) is 56.9 Å². The van der Waals surface area contributed by atoms with Gasteiger partial charge >= 0.3 is 11.9 Å². The molecule has 0 aromatic heterocycles. The molecule has 2 aromatic rings. The Labute approximate surface area is 182 Å². The van der Waals surface area contributed by atoms with E-state index in [0.29, 0.717) is 22.6 Å². The second-order valence-electron chi connectivity index (χ2n) is 8.37. The van der Waals surface area contributed by atoms with E-state index >= 15 is 0 Å². The van der Waals surface area contributed by atoms with Gasteiger partial charge in [-0.25, -0.2) is 0 Å². The van der Waals surface area contributed by atoms with Crippen molar-refractivity contribution in [1.82, 2.24) is 0 Å². The molecule has 0 radical (unpaired) electrons. The number of rotatable bonds is 8. The summed E-state index contributed by atoms with van der Waals surface area (Å²) in [6.07, 6.45) is -0.0624. The van der Waals surface area contributed by atoms with Crippen molar-refractivity contribution in [1.29, 1.82) is 0 Å². The SMILES string of the molecule is CC(=O)Nc1c(C)cc(CC(C(=O)O)C(=O)OC(C)(C)C)cc1OCc1ccccc1. The third-order valence-electron chi connectivity index (χ3n) is 4.33. The maximum absolute atomic E-state index is 12.4. The van der Waals surface area contributed by atoms with E-state index in [1.807, 2.05) is 30.3 Å². The van der Waals surface area contributed by atoms with Crippen molar-refractivity contribution in [2.75, 3.05) is 5.32 Å². The van der Waals surface area contributed by atoms with E-state index < -0.39 is 23.5 Å². The van der Waals surface area contributed by atoms with Crippen LogP contribution in [0, 0.1) is 12.8 Å². The molecule has 7 heteroatoms. The topological polar surface area (TPSA) is 102 Å². The number of anilines is 1. The van der Waals surface area contributed by atoms with Gasteiger partial charge in [-0.3, -0.25) is 14.4 Å². The van der Waals surface area contributed by atoms with Crippen LogP contribution in [-0.2, 0) is 32.1 Å². The molecule has 0 bridgehead atoms. The molecular formula is C24H29NO6. The summed E-state index contributed by atoms with van der Waals surface area (Å²) in [5.41, 5.74) is 1.95. The quantitative estimate of drug-likeness (QED) is 0.485. The Balaban J connectivity index is 2.34. The predicted molar refractivity (Wildman–Crippen MR) is 117 cm³/mol. The summed E-state index contributed by atoms with van der Waals surface area (Å²) in [7, 11) is 0. The summed E-state index contributed by atoms with van der Waals surface area (Å²) in [6, 6.07) is 12.9. The van der Waals surface area contributed by atoms with Crippen molar-refractivity contribution in [2.45, 2.75) is 53.2 Å². The maximum atomic E-state index is 12.4. The zero-order chi connectivity index (χ0) is 23.2. The van der Waals surface area contributed by atoms with E-state index in [-0.39, 0.29) is 18.9 Å².